The van der Waals surface area contributed by atoms with Gasteiger partial charge in [-0.05, 0) is 25.0 Å². The molecule has 0 saturated carbocycles. The number of aromatic nitrogens is 5. The minimum atomic E-state index is -0.419. The van der Waals surface area contributed by atoms with E-state index in [1.54, 1.807) is 25.2 Å². The van der Waals surface area contributed by atoms with Crippen molar-refractivity contribution in [3.63, 3.8) is 0 Å². The molecule has 1 fully saturated rings. The second kappa shape index (κ2) is 8.68. The van der Waals surface area contributed by atoms with Crippen molar-refractivity contribution < 1.29 is 14.3 Å². The fraction of sp³-hybridized carbons (Fsp3) is 0.562. The normalized spacial score (nSPS) is 15.4. The summed E-state index contributed by atoms with van der Waals surface area (Å²) in [7, 11) is 3.10. The van der Waals surface area contributed by atoms with E-state index in [0.29, 0.717) is 12.4 Å². The van der Waals surface area contributed by atoms with Gasteiger partial charge in [0.2, 0.25) is 5.91 Å². The van der Waals surface area contributed by atoms with Crippen molar-refractivity contribution in [1.29, 1.82) is 0 Å². The van der Waals surface area contributed by atoms with Crippen LogP contribution in [-0.4, -0.2) is 71.0 Å². The molecule has 3 rings (SSSR count). The number of nitrogens with one attached hydrogen (secondary N) is 1. The Morgan fingerprint density at radius 3 is 2.50 bits per heavy atom. The number of hydrogen-bond donors (Lipinski definition) is 1. The molecule has 1 aliphatic rings. The molecule has 0 aromatic carbocycles. The fourth-order valence-electron chi connectivity index (χ4n) is 2.90. The summed E-state index contributed by atoms with van der Waals surface area (Å²) in [6.07, 6.45) is 4.14. The molecule has 0 spiro atoms. The number of rotatable bonds is 7. The fourth-order valence-corrected chi connectivity index (χ4v) is 2.90. The van der Waals surface area contributed by atoms with E-state index in [9.17, 15) is 4.79 Å². The van der Waals surface area contributed by atoms with E-state index >= 15 is 0 Å². The van der Waals surface area contributed by atoms with Gasteiger partial charge in [-0.1, -0.05) is 0 Å². The summed E-state index contributed by atoms with van der Waals surface area (Å²) in [6.45, 7) is 1.86. The monoisotopic (exact) mass is 361 g/mol. The van der Waals surface area contributed by atoms with Crippen molar-refractivity contribution in [2.75, 3.05) is 38.8 Å². The highest BCUT2D eigenvalue weighted by Gasteiger charge is 2.26. The van der Waals surface area contributed by atoms with Crippen LogP contribution in [0, 0.1) is 5.92 Å². The lowest BCUT2D eigenvalue weighted by Gasteiger charge is -2.32. The van der Waals surface area contributed by atoms with E-state index in [4.69, 9.17) is 9.47 Å². The second-order valence-corrected chi connectivity index (χ2v) is 6.00. The smallest absolute Gasteiger partial charge is 0.223 e. The third-order valence-electron chi connectivity index (χ3n) is 4.45. The summed E-state index contributed by atoms with van der Waals surface area (Å²) in [5, 5.41) is 15.4. The van der Waals surface area contributed by atoms with Gasteiger partial charge < -0.3 is 19.7 Å². The average Bonchev–Trinajstić information content (AvgIpc) is 3.24. The van der Waals surface area contributed by atoms with Crippen LogP contribution in [0.15, 0.2) is 24.8 Å². The molecule has 140 valence electrons. The summed E-state index contributed by atoms with van der Waals surface area (Å²) in [5.74, 6) is 1.44. The molecule has 0 unspecified atom stereocenters. The van der Waals surface area contributed by atoms with Crippen molar-refractivity contribution in [3.8, 4) is 5.82 Å². The Kier molecular flexibility index (Phi) is 6.08. The highest BCUT2D eigenvalue weighted by atomic mass is 16.7. The van der Waals surface area contributed by atoms with E-state index in [1.165, 1.54) is 6.33 Å². The molecule has 26 heavy (non-hydrogen) atoms. The van der Waals surface area contributed by atoms with Crippen LogP contribution >= 0.6 is 0 Å². The first-order valence-corrected chi connectivity index (χ1v) is 8.48. The molecule has 3 heterocycles. The summed E-state index contributed by atoms with van der Waals surface area (Å²) in [5.41, 5.74) is 0. The molecule has 2 aromatic rings. The maximum atomic E-state index is 12.3. The predicted molar refractivity (Wildman–Crippen MR) is 92.7 cm³/mol. The van der Waals surface area contributed by atoms with Gasteiger partial charge in [0, 0.05) is 33.2 Å². The van der Waals surface area contributed by atoms with E-state index in [2.05, 4.69) is 30.5 Å². The van der Waals surface area contributed by atoms with Crippen molar-refractivity contribution >= 4 is 11.7 Å². The molecular weight excluding hydrogens is 338 g/mol. The van der Waals surface area contributed by atoms with Gasteiger partial charge in [0.05, 0.1) is 6.54 Å². The zero-order chi connectivity index (χ0) is 18.4. The van der Waals surface area contributed by atoms with Crippen molar-refractivity contribution in [3.05, 3.63) is 24.8 Å². The first kappa shape index (κ1) is 18.2. The Bertz CT molecular complexity index is 680. The summed E-state index contributed by atoms with van der Waals surface area (Å²) < 4.78 is 11.7. The Morgan fingerprint density at radius 1 is 1.23 bits per heavy atom. The Morgan fingerprint density at radius 2 is 1.92 bits per heavy atom. The van der Waals surface area contributed by atoms with Crippen LogP contribution in [0.1, 0.15) is 12.8 Å². The van der Waals surface area contributed by atoms with Crippen LogP contribution in [0.5, 0.6) is 0 Å². The molecule has 0 atom stereocenters. The zero-order valence-corrected chi connectivity index (χ0v) is 14.9. The van der Waals surface area contributed by atoms with Gasteiger partial charge in [0.1, 0.15) is 12.7 Å². The van der Waals surface area contributed by atoms with Gasteiger partial charge >= 0.3 is 0 Å². The highest BCUT2D eigenvalue weighted by molar-refractivity contribution is 5.79. The molecule has 10 heteroatoms. The van der Waals surface area contributed by atoms with E-state index in [1.807, 2.05) is 12.1 Å². The largest absolute Gasteiger partial charge is 0.355 e. The summed E-state index contributed by atoms with van der Waals surface area (Å²) in [4.78, 5) is 18.3. The van der Waals surface area contributed by atoms with Crippen molar-refractivity contribution in [1.82, 2.24) is 30.3 Å². The van der Waals surface area contributed by atoms with Gasteiger partial charge in [0.25, 0.3) is 0 Å². The third-order valence-corrected chi connectivity index (χ3v) is 4.45. The van der Waals surface area contributed by atoms with Crippen LogP contribution in [0.2, 0.25) is 0 Å². The molecule has 0 aliphatic carbocycles. The van der Waals surface area contributed by atoms with Gasteiger partial charge in [-0.25, -0.2) is 9.67 Å². The summed E-state index contributed by atoms with van der Waals surface area (Å²) >= 11 is 0. The Hall–Kier alpha value is -2.59. The molecule has 0 bridgehead atoms. The lowest BCUT2D eigenvalue weighted by Crippen LogP contribution is -2.43. The lowest BCUT2D eigenvalue weighted by molar-refractivity contribution is -0.131. The van der Waals surface area contributed by atoms with Crippen LogP contribution in [0.25, 0.3) is 5.82 Å². The van der Waals surface area contributed by atoms with E-state index in [-0.39, 0.29) is 11.8 Å². The van der Waals surface area contributed by atoms with Crippen LogP contribution in [0.3, 0.4) is 0 Å². The van der Waals surface area contributed by atoms with Crippen LogP contribution < -0.4 is 10.2 Å². The number of carbonyl (C=O) groups is 1. The second-order valence-electron chi connectivity index (χ2n) is 6.00. The number of hydrogen-bond acceptors (Lipinski definition) is 8. The Labute approximate surface area is 151 Å². The average molecular weight is 361 g/mol. The highest BCUT2D eigenvalue weighted by Crippen LogP contribution is 2.22. The maximum absolute atomic E-state index is 12.3. The Balaban J connectivity index is 1.49. The van der Waals surface area contributed by atoms with Gasteiger partial charge in [-0.15, -0.1) is 10.2 Å². The molecular formula is C16H23N7O3. The SMILES string of the molecule is COC(CNC(=O)C1CCN(c2ccc(-n3cncn3)nn2)CC1)OC. The molecule has 0 radical (unpaired) electrons. The van der Waals surface area contributed by atoms with Crippen molar-refractivity contribution in [2.45, 2.75) is 19.1 Å². The van der Waals surface area contributed by atoms with Gasteiger partial charge in [-0.2, -0.15) is 5.10 Å². The zero-order valence-electron chi connectivity index (χ0n) is 14.9. The minimum Gasteiger partial charge on any atom is -0.355 e. The first-order chi connectivity index (χ1) is 12.7. The number of carbonyl (C=O) groups excluding carboxylic acids is 1. The van der Waals surface area contributed by atoms with Crippen molar-refractivity contribution in [2.24, 2.45) is 5.92 Å². The number of amides is 1. The van der Waals surface area contributed by atoms with Crippen LogP contribution in [-0.2, 0) is 14.3 Å². The van der Waals surface area contributed by atoms with Gasteiger partial charge in [0.15, 0.2) is 17.9 Å². The summed E-state index contributed by atoms with van der Waals surface area (Å²) in [6, 6.07) is 3.76. The quantitative estimate of drug-likeness (QED) is 0.687. The topological polar surface area (TPSA) is 107 Å². The maximum Gasteiger partial charge on any atom is 0.223 e. The van der Waals surface area contributed by atoms with Crippen LogP contribution in [0.4, 0.5) is 5.82 Å². The lowest BCUT2D eigenvalue weighted by atomic mass is 9.96. The van der Waals surface area contributed by atoms with E-state index < -0.39 is 6.29 Å². The molecule has 1 amide bonds. The van der Waals surface area contributed by atoms with E-state index in [0.717, 1.165) is 31.7 Å². The predicted octanol–water partition coefficient (Wildman–Crippen LogP) is 0.00880. The number of ether oxygens (including phenoxy) is 2. The molecule has 1 saturated heterocycles. The molecule has 10 nitrogen and oxygen atoms in total. The standard InChI is InChI=1S/C16H23N7O3/c1-25-15(26-2)9-18-16(24)12-5-7-22(8-6-12)13-3-4-14(21-20-13)23-11-17-10-19-23/h3-4,10-12,15H,5-9H2,1-2H3,(H,18,24). The molecule has 1 aliphatic heterocycles. The minimum absolute atomic E-state index is 0.0111. The van der Waals surface area contributed by atoms with Gasteiger partial charge in [-0.3, -0.25) is 4.79 Å². The molecule has 2 aromatic heterocycles. The number of piperidine rings is 1. The third kappa shape index (κ3) is 4.33. The first-order valence-electron chi connectivity index (χ1n) is 8.48. The number of methoxy groups -OCH3 is 2. The molecule has 1 N–H and O–H groups in total. The number of nitrogens with zero attached hydrogens (tertiary/aromatic N) is 6. The number of anilines is 1.